The van der Waals surface area contributed by atoms with Crippen LogP contribution in [0.3, 0.4) is 0 Å². The lowest BCUT2D eigenvalue weighted by atomic mass is 10.1. The summed E-state index contributed by atoms with van der Waals surface area (Å²) in [5.74, 6) is -2.86. The molecule has 1 aromatic carbocycles. The maximum Gasteiger partial charge on any atom is 0.299 e. The van der Waals surface area contributed by atoms with Gasteiger partial charge in [-0.15, -0.1) is 0 Å². The van der Waals surface area contributed by atoms with Crippen LogP contribution in [-0.4, -0.2) is 19.1 Å². The number of halogens is 1. The highest BCUT2D eigenvalue weighted by atomic mass is 32.2. The average molecular weight is 312 g/mol. The van der Waals surface area contributed by atoms with Crippen LogP contribution in [0.1, 0.15) is 12.0 Å². The maximum absolute atomic E-state index is 14.7. The van der Waals surface area contributed by atoms with Crippen molar-refractivity contribution in [3.05, 3.63) is 63.9 Å². The van der Waals surface area contributed by atoms with Gasteiger partial charge in [-0.05, 0) is 37.1 Å². The monoisotopic (exact) mass is 312 g/mol. The number of benzene rings is 1. The summed E-state index contributed by atoms with van der Waals surface area (Å²) in [6, 6.07) is 6.00. The maximum atomic E-state index is 14.7. The summed E-state index contributed by atoms with van der Waals surface area (Å²) in [6.45, 7) is 1.56. The topological polar surface area (TPSA) is 89.3 Å². The van der Waals surface area contributed by atoms with E-state index >= 15 is 0 Å². The first-order valence-electron chi connectivity index (χ1n) is 6.07. The quantitative estimate of drug-likeness (QED) is 0.399. The Hall–Kier alpha value is -2.06. The van der Waals surface area contributed by atoms with Gasteiger partial charge in [0.2, 0.25) is 10.0 Å². The Labute approximate surface area is 121 Å². The molecule has 0 saturated carbocycles. The smallest absolute Gasteiger partial charge is 0.258 e. The highest BCUT2D eigenvalue weighted by molar-refractivity contribution is 7.89. The number of nitrogens with zero attached hydrogens (tertiary/aromatic N) is 1. The first kappa shape index (κ1) is 15.3. The molecule has 0 radical (unpaired) electrons. The van der Waals surface area contributed by atoms with Gasteiger partial charge in [-0.1, -0.05) is 24.3 Å². The average Bonchev–Trinajstić information content (AvgIpc) is 2.37. The van der Waals surface area contributed by atoms with Crippen molar-refractivity contribution in [1.29, 1.82) is 0 Å². The molecule has 1 aliphatic rings. The van der Waals surface area contributed by atoms with E-state index in [9.17, 15) is 22.9 Å². The van der Waals surface area contributed by atoms with Crippen LogP contribution in [0.5, 0.6) is 0 Å². The molecule has 0 saturated heterocycles. The molecule has 1 aromatic rings. The molecule has 1 N–H and O–H groups in total. The third-order valence-electron chi connectivity index (χ3n) is 3.03. The van der Waals surface area contributed by atoms with Crippen LogP contribution in [0.15, 0.2) is 53.1 Å². The van der Waals surface area contributed by atoms with Gasteiger partial charge < -0.3 is 0 Å². The van der Waals surface area contributed by atoms with E-state index in [1.807, 2.05) is 0 Å². The van der Waals surface area contributed by atoms with Crippen LogP contribution in [0, 0.1) is 17.0 Å². The zero-order chi connectivity index (χ0) is 15.7. The Morgan fingerprint density at radius 3 is 2.67 bits per heavy atom. The summed E-state index contributed by atoms with van der Waals surface area (Å²) in [5.41, 5.74) is -0.415. The van der Waals surface area contributed by atoms with Crippen LogP contribution in [0.2, 0.25) is 0 Å². The van der Waals surface area contributed by atoms with Crippen molar-refractivity contribution in [2.24, 2.45) is 0 Å². The lowest BCUT2D eigenvalue weighted by Gasteiger charge is -2.22. The molecule has 112 valence electrons. The molecule has 0 amide bonds. The Balaban J connectivity index is 2.42. The van der Waals surface area contributed by atoms with Crippen molar-refractivity contribution in [1.82, 2.24) is 4.72 Å². The van der Waals surface area contributed by atoms with E-state index in [0.29, 0.717) is 5.56 Å². The fourth-order valence-electron chi connectivity index (χ4n) is 2.05. The molecule has 0 spiro atoms. The molecule has 21 heavy (non-hydrogen) atoms. The Bertz CT molecular complexity index is 742. The van der Waals surface area contributed by atoms with Crippen molar-refractivity contribution >= 4 is 10.0 Å². The Morgan fingerprint density at radius 1 is 1.38 bits per heavy atom. The highest BCUT2D eigenvalue weighted by Crippen LogP contribution is 2.28. The molecule has 1 atom stereocenters. The van der Waals surface area contributed by atoms with Crippen LogP contribution >= 0.6 is 0 Å². The molecule has 2 rings (SSSR count). The predicted octanol–water partition coefficient (Wildman–Crippen LogP) is 2.06. The van der Waals surface area contributed by atoms with Crippen LogP contribution in [0.25, 0.3) is 0 Å². The van der Waals surface area contributed by atoms with Gasteiger partial charge in [0, 0.05) is 0 Å². The van der Waals surface area contributed by atoms with E-state index < -0.39 is 26.4 Å². The molecule has 8 heteroatoms. The number of hydrogen-bond acceptors (Lipinski definition) is 4. The number of alkyl halides is 1. The van der Waals surface area contributed by atoms with Crippen molar-refractivity contribution < 1.29 is 17.7 Å². The number of allylic oxidation sites excluding steroid dienone is 2. The van der Waals surface area contributed by atoms with E-state index in [2.05, 4.69) is 0 Å². The molecule has 1 aliphatic carbocycles. The van der Waals surface area contributed by atoms with E-state index in [1.54, 1.807) is 23.8 Å². The summed E-state index contributed by atoms with van der Waals surface area (Å²) in [4.78, 5) is 9.84. The largest absolute Gasteiger partial charge is 0.299 e. The SMILES string of the molecule is Cc1ccccc1S(=O)(=O)NC1(F)C=CCC=C1[N+](=O)[O-]. The zero-order valence-corrected chi connectivity index (χ0v) is 11.9. The van der Waals surface area contributed by atoms with Gasteiger partial charge in [-0.3, -0.25) is 10.1 Å². The van der Waals surface area contributed by atoms with Gasteiger partial charge >= 0.3 is 0 Å². The number of nitrogens with one attached hydrogen (secondary N) is 1. The molecule has 0 bridgehead atoms. The molecular formula is C13H13FN2O4S. The summed E-state index contributed by atoms with van der Waals surface area (Å²) < 4.78 is 41.0. The predicted molar refractivity (Wildman–Crippen MR) is 74.2 cm³/mol. The number of nitro groups is 1. The fraction of sp³-hybridized carbons (Fsp3) is 0.231. The van der Waals surface area contributed by atoms with Crippen molar-refractivity contribution in [3.8, 4) is 0 Å². The van der Waals surface area contributed by atoms with Gasteiger partial charge in [-0.25, -0.2) is 12.8 Å². The molecule has 0 aliphatic heterocycles. The third-order valence-corrected chi connectivity index (χ3v) is 4.63. The first-order valence-corrected chi connectivity index (χ1v) is 7.56. The van der Waals surface area contributed by atoms with Crippen molar-refractivity contribution in [2.75, 3.05) is 0 Å². The summed E-state index contributed by atoms with van der Waals surface area (Å²) >= 11 is 0. The van der Waals surface area contributed by atoms with Gasteiger partial charge in [-0.2, -0.15) is 4.72 Å². The molecule has 0 fully saturated rings. The lowest BCUT2D eigenvalue weighted by molar-refractivity contribution is -0.439. The van der Waals surface area contributed by atoms with E-state index in [1.165, 1.54) is 18.2 Å². The van der Waals surface area contributed by atoms with Crippen LogP contribution in [-0.2, 0) is 10.0 Å². The Morgan fingerprint density at radius 2 is 2.05 bits per heavy atom. The lowest BCUT2D eigenvalue weighted by Crippen LogP contribution is -2.47. The summed E-state index contributed by atoms with van der Waals surface area (Å²) in [5, 5.41) is 10.9. The van der Waals surface area contributed by atoms with Crippen LogP contribution < -0.4 is 4.72 Å². The minimum Gasteiger partial charge on any atom is -0.258 e. The molecule has 1 unspecified atom stereocenters. The summed E-state index contributed by atoms with van der Waals surface area (Å²) in [7, 11) is -4.24. The molecule has 0 heterocycles. The van der Waals surface area contributed by atoms with Crippen molar-refractivity contribution in [3.63, 3.8) is 0 Å². The Kier molecular flexibility index (Phi) is 3.93. The second kappa shape index (κ2) is 5.38. The summed E-state index contributed by atoms with van der Waals surface area (Å²) in [6.07, 6.45) is 3.39. The highest BCUT2D eigenvalue weighted by Gasteiger charge is 2.45. The third kappa shape index (κ3) is 3.01. The standard InChI is InChI=1S/C13H13FN2O4S/c1-10-6-2-3-7-11(10)21(19,20)15-13(14)9-5-4-8-12(13)16(17)18/h2-3,5-9,15H,4H2,1H3. The molecule has 6 nitrogen and oxygen atoms in total. The molecule has 0 aromatic heterocycles. The number of sulfonamides is 1. The fourth-order valence-corrected chi connectivity index (χ4v) is 3.47. The zero-order valence-electron chi connectivity index (χ0n) is 11.1. The second-order valence-electron chi connectivity index (χ2n) is 4.57. The number of aryl methyl sites for hydroxylation is 1. The van der Waals surface area contributed by atoms with Gasteiger partial charge in [0.15, 0.2) is 0 Å². The van der Waals surface area contributed by atoms with Crippen molar-refractivity contribution in [2.45, 2.75) is 24.0 Å². The normalized spacial score (nSPS) is 21.9. The van der Waals surface area contributed by atoms with E-state index in [-0.39, 0.29) is 11.3 Å². The number of rotatable bonds is 4. The van der Waals surface area contributed by atoms with Gasteiger partial charge in [0.05, 0.1) is 9.82 Å². The first-order chi connectivity index (χ1) is 9.76. The van der Waals surface area contributed by atoms with Crippen LogP contribution in [0.4, 0.5) is 4.39 Å². The molecular weight excluding hydrogens is 299 g/mol. The van der Waals surface area contributed by atoms with Gasteiger partial charge in [0.1, 0.15) is 0 Å². The second-order valence-corrected chi connectivity index (χ2v) is 6.22. The minimum atomic E-state index is -4.24. The van der Waals surface area contributed by atoms with Gasteiger partial charge in [0.25, 0.3) is 11.5 Å². The minimum absolute atomic E-state index is 0.122. The number of hydrogen-bond donors (Lipinski definition) is 1. The van der Waals surface area contributed by atoms with E-state index in [4.69, 9.17) is 0 Å². The van der Waals surface area contributed by atoms with E-state index in [0.717, 1.165) is 12.2 Å².